The molecule has 0 amide bonds. The number of aromatic carboxylic acids is 1. The van der Waals surface area contributed by atoms with Crippen molar-refractivity contribution >= 4 is 45.8 Å². The quantitative estimate of drug-likeness (QED) is 0.332. The molecule has 8 nitrogen and oxygen atoms in total. The minimum Gasteiger partial charge on any atom is -0.476 e. The number of nitrogens with zero attached hydrogens (tertiary/aromatic N) is 5. The van der Waals surface area contributed by atoms with Crippen LogP contribution in [0.15, 0.2) is 30.5 Å². The first-order valence-corrected chi connectivity index (χ1v) is 12.0. The first kappa shape index (κ1) is 24.2. The first-order valence-electron chi connectivity index (χ1n) is 11.6. The fourth-order valence-corrected chi connectivity index (χ4v) is 4.86. The molecular formula is C25H25ClF2N6O2. The second-order valence-electron chi connectivity index (χ2n) is 9.28. The summed E-state index contributed by atoms with van der Waals surface area (Å²) in [5.41, 5.74) is 4.11. The minimum absolute atomic E-state index is 0.0853. The molecule has 4 aromatic rings. The number of benzene rings is 1. The highest BCUT2D eigenvalue weighted by Crippen LogP contribution is 2.35. The predicted molar refractivity (Wildman–Crippen MR) is 135 cm³/mol. The number of piperidine rings is 1. The van der Waals surface area contributed by atoms with Crippen LogP contribution >= 0.6 is 11.6 Å². The molecule has 5 rings (SSSR count). The second-order valence-corrected chi connectivity index (χ2v) is 9.67. The van der Waals surface area contributed by atoms with Gasteiger partial charge in [0.05, 0.1) is 22.9 Å². The molecule has 1 saturated heterocycles. The van der Waals surface area contributed by atoms with Crippen LogP contribution in [0.4, 0.5) is 20.4 Å². The number of anilines is 2. The van der Waals surface area contributed by atoms with E-state index in [1.54, 1.807) is 6.07 Å². The van der Waals surface area contributed by atoms with Crippen LogP contribution in [0.5, 0.6) is 0 Å². The lowest BCUT2D eigenvalue weighted by Gasteiger charge is -2.33. The maximum absolute atomic E-state index is 13.9. The molecule has 1 aliphatic heterocycles. The number of imidazole rings is 1. The van der Waals surface area contributed by atoms with E-state index in [9.17, 15) is 18.7 Å². The van der Waals surface area contributed by atoms with E-state index >= 15 is 0 Å². The second kappa shape index (κ2) is 8.85. The van der Waals surface area contributed by atoms with Gasteiger partial charge in [0.25, 0.3) is 5.92 Å². The van der Waals surface area contributed by atoms with Crippen molar-refractivity contribution in [3.63, 3.8) is 0 Å². The Morgan fingerprint density at radius 1 is 1.17 bits per heavy atom. The summed E-state index contributed by atoms with van der Waals surface area (Å²) in [5.74, 6) is -3.31. The zero-order valence-electron chi connectivity index (χ0n) is 20.0. The van der Waals surface area contributed by atoms with Gasteiger partial charge < -0.3 is 15.3 Å². The molecule has 1 atom stereocenters. The van der Waals surface area contributed by atoms with Crippen molar-refractivity contribution in [3.8, 4) is 0 Å². The highest BCUT2D eigenvalue weighted by molar-refractivity contribution is 6.29. The lowest BCUT2D eigenvalue weighted by atomic mass is 10.0. The van der Waals surface area contributed by atoms with Crippen LogP contribution in [0, 0.1) is 13.8 Å². The lowest BCUT2D eigenvalue weighted by Crippen LogP contribution is -2.40. The number of aromatic nitrogens is 4. The smallest absolute Gasteiger partial charge is 0.356 e. The SMILES string of the molecule is Cc1cc(C(C)Nc2ccc(Cl)nc2C(=O)O)c2nc(N3CCC(F)(F)CC3)n3cc(C)nc3c2c1. The number of carboxylic acid groups (broad SMARTS) is 1. The normalized spacial score (nSPS) is 16.4. The molecule has 1 aliphatic rings. The molecule has 4 heterocycles. The van der Waals surface area contributed by atoms with E-state index in [2.05, 4.69) is 10.3 Å². The fraction of sp³-hybridized carbons (Fsp3) is 0.360. The summed E-state index contributed by atoms with van der Waals surface area (Å²) in [4.78, 5) is 27.2. The van der Waals surface area contributed by atoms with Gasteiger partial charge in [0.15, 0.2) is 5.69 Å². The molecular weight excluding hydrogens is 490 g/mol. The summed E-state index contributed by atoms with van der Waals surface area (Å²) in [7, 11) is 0. The Hall–Kier alpha value is -3.53. The highest BCUT2D eigenvalue weighted by Gasteiger charge is 2.35. The van der Waals surface area contributed by atoms with Gasteiger partial charge in [-0.1, -0.05) is 17.7 Å². The van der Waals surface area contributed by atoms with E-state index in [4.69, 9.17) is 21.6 Å². The standard InChI is InChI=1S/C25H25ClF2N6O2/c1-13-10-16(15(3)30-18-4-5-19(26)31-21(18)23(35)36)20-17(11-13)22-29-14(2)12-34(22)24(32-20)33-8-6-25(27,28)7-9-33/h4-5,10-12,15,30H,6-9H2,1-3H3,(H,35,36). The van der Waals surface area contributed by atoms with E-state index in [0.29, 0.717) is 22.8 Å². The monoisotopic (exact) mass is 514 g/mol. The Labute approximate surface area is 210 Å². The number of fused-ring (bicyclic) bond motifs is 3. The minimum atomic E-state index is -2.67. The number of alkyl halides is 2. The molecule has 0 bridgehead atoms. The largest absolute Gasteiger partial charge is 0.476 e. The number of pyridine rings is 1. The molecule has 2 N–H and O–H groups in total. The van der Waals surface area contributed by atoms with Crippen molar-refractivity contribution in [3.05, 3.63) is 58.1 Å². The zero-order valence-corrected chi connectivity index (χ0v) is 20.8. The summed E-state index contributed by atoms with van der Waals surface area (Å²) in [6.45, 7) is 6.12. The Morgan fingerprint density at radius 2 is 1.89 bits per heavy atom. The third-order valence-electron chi connectivity index (χ3n) is 6.46. The molecule has 0 radical (unpaired) electrons. The Morgan fingerprint density at radius 3 is 2.58 bits per heavy atom. The lowest BCUT2D eigenvalue weighted by molar-refractivity contribution is -0.0222. The van der Waals surface area contributed by atoms with Crippen LogP contribution in [-0.2, 0) is 0 Å². The average molecular weight is 515 g/mol. The summed E-state index contributed by atoms with van der Waals surface area (Å²) in [5, 5.41) is 13.7. The number of carbonyl (C=O) groups is 1. The summed E-state index contributed by atoms with van der Waals surface area (Å²) < 4.78 is 29.6. The van der Waals surface area contributed by atoms with Crippen LogP contribution in [0.1, 0.15) is 53.1 Å². The van der Waals surface area contributed by atoms with Crippen LogP contribution in [-0.4, -0.2) is 49.4 Å². The van der Waals surface area contributed by atoms with E-state index < -0.39 is 11.9 Å². The van der Waals surface area contributed by atoms with Gasteiger partial charge in [-0.05, 0) is 44.5 Å². The topological polar surface area (TPSA) is 95.6 Å². The molecule has 1 unspecified atom stereocenters. The number of nitrogens with one attached hydrogen (secondary N) is 1. The summed E-state index contributed by atoms with van der Waals surface area (Å²) in [6.07, 6.45) is 1.40. The van der Waals surface area contributed by atoms with Gasteiger partial charge in [0.2, 0.25) is 5.95 Å². The Bertz CT molecular complexity index is 1500. The Balaban J connectivity index is 1.64. The number of carboxylic acids is 1. The number of aryl methyl sites for hydroxylation is 2. The van der Waals surface area contributed by atoms with Crippen molar-refractivity contribution in [2.75, 3.05) is 23.3 Å². The van der Waals surface area contributed by atoms with E-state index in [1.807, 2.05) is 48.4 Å². The molecule has 3 aromatic heterocycles. The molecule has 0 aliphatic carbocycles. The fourth-order valence-electron chi connectivity index (χ4n) is 4.71. The maximum atomic E-state index is 13.9. The van der Waals surface area contributed by atoms with Gasteiger partial charge in [-0.25, -0.2) is 28.5 Å². The van der Waals surface area contributed by atoms with Crippen molar-refractivity contribution < 1.29 is 18.7 Å². The van der Waals surface area contributed by atoms with Crippen LogP contribution in [0.2, 0.25) is 5.15 Å². The van der Waals surface area contributed by atoms with Gasteiger partial charge in [-0.3, -0.25) is 4.40 Å². The molecule has 188 valence electrons. The number of hydrogen-bond donors (Lipinski definition) is 2. The first-order chi connectivity index (χ1) is 17.0. The summed E-state index contributed by atoms with van der Waals surface area (Å²) in [6, 6.07) is 6.73. The van der Waals surface area contributed by atoms with Crippen LogP contribution in [0.3, 0.4) is 0 Å². The van der Waals surface area contributed by atoms with Crippen molar-refractivity contribution in [2.24, 2.45) is 0 Å². The van der Waals surface area contributed by atoms with Crippen molar-refractivity contribution in [2.45, 2.75) is 45.6 Å². The molecule has 1 fully saturated rings. The van der Waals surface area contributed by atoms with E-state index in [0.717, 1.165) is 22.2 Å². The molecule has 0 spiro atoms. The molecule has 11 heteroatoms. The Kier molecular flexibility index (Phi) is 5.94. The van der Waals surface area contributed by atoms with E-state index in [-0.39, 0.29) is 42.8 Å². The van der Waals surface area contributed by atoms with E-state index in [1.165, 1.54) is 6.07 Å². The van der Waals surface area contributed by atoms with Gasteiger partial charge in [0, 0.05) is 43.1 Å². The van der Waals surface area contributed by atoms with Gasteiger partial charge in [0.1, 0.15) is 10.8 Å². The number of halogens is 3. The predicted octanol–water partition coefficient (Wildman–Crippen LogP) is 5.65. The van der Waals surface area contributed by atoms with Crippen LogP contribution in [0.25, 0.3) is 16.6 Å². The van der Waals surface area contributed by atoms with Gasteiger partial charge in [-0.15, -0.1) is 0 Å². The summed E-state index contributed by atoms with van der Waals surface area (Å²) >= 11 is 5.91. The average Bonchev–Trinajstić information content (AvgIpc) is 3.21. The molecule has 0 saturated carbocycles. The van der Waals surface area contributed by atoms with Gasteiger partial charge in [-0.2, -0.15) is 0 Å². The molecule has 36 heavy (non-hydrogen) atoms. The number of hydrogen-bond acceptors (Lipinski definition) is 6. The third-order valence-corrected chi connectivity index (χ3v) is 6.67. The maximum Gasteiger partial charge on any atom is 0.356 e. The zero-order chi connectivity index (χ0) is 25.8. The third kappa shape index (κ3) is 4.41. The molecule has 1 aromatic carbocycles. The van der Waals surface area contributed by atoms with Crippen LogP contribution < -0.4 is 10.2 Å². The van der Waals surface area contributed by atoms with Crippen molar-refractivity contribution in [1.82, 2.24) is 19.4 Å². The highest BCUT2D eigenvalue weighted by atomic mass is 35.5. The number of rotatable bonds is 5. The van der Waals surface area contributed by atoms with Crippen molar-refractivity contribution in [1.29, 1.82) is 0 Å². The van der Waals surface area contributed by atoms with Gasteiger partial charge >= 0.3 is 5.97 Å².